The average Bonchev–Trinajstić information content (AvgIpc) is 3.18. The number of hydrogen-bond donors (Lipinski definition) is 1. The number of nitrogens with zero attached hydrogens (tertiary/aromatic N) is 2. The topological polar surface area (TPSA) is 71.5 Å². The number of aromatic nitrogens is 1. The largest absolute Gasteiger partial charge is 0.497 e. The van der Waals surface area contributed by atoms with E-state index in [1.54, 1.807) is 31.7 Å². The molecule has 0 aliphatic carbocycles. The summed E-state index contributed by atoms with van der Waals surface area (Å²) in [5.41, 5.74) is 1.92. The van der Waals surface area contributed by atoms with Crippen molar-refractivity contribution >= 4 is 28.8 Å². The molecule has 0 bridgehead atoms. The van der Waals surface area contributed by atoms with Gasteiger partial charge in [-0.2, -0.15) is 0 Å². The molecule has 3 aromatic rings. The Balaban J connectivity index is 1.63. The molecule has 2 amide bonds. The summed E-state index contributed by atoms with van der Waals surface area (Å²) in [6.45, 7) is -0.0525. The van der Waals surface area contributed by atoms with Crippen LogP contribution in [-0.2, 0) is 4.79 Å². The van der Waals surface area contributed by atoms with Gasteiger partial charge in [0.1, 0.15) is 16.5 Å². The number of carbonyl (C=O) groups is 2. The molecule has 7 heteroatoms. The predicted molar refractivity (Wildman–Crippen MR) is 106 cm³/mol. The van der Waals surface area contributed by atoms with E-state index in [1.807, 2.05) is 42.5 Å². The zero-order valence-corrected chi connectivity index (χ0v) is 15.8. The summed E-state index contributed by atoms with van der Waals surface area (Å²) in [4.78, 5) is 30.4. The summed E-state index contributed by atoms with van der Waals surface area (Å²) in [6.07, 6.45) is 0. The Morgan fingerprint density at radius 2 is 1.81 bits per heavy atom. The molecule has 138 valence electrons. The lowest BCUT2D eigenvalue weighted by Crippen LogP contribution is -2.35. The molecule has 1 heterocycles. The lowest BCUT2D eigenvalue weighted by Gasteiger charge is -2.15. The first-order valence-electron chi connectivity index (χ1n) is 8.27. The number of ether oxygens (including phenoxy) is 1. The second kappa shape index (κ2) is 8.46. The highest BCUT2D eigenvalue weighted by molar-refractivity contribution is 7.13. The van der Waals surface area contributed by atoms with Gasteiger partial charge in [-0.25, -0.2) is 4.98 Å². The fourth-order valence-corrected chi connectivity index (χ4v) is 3.24. The third-order valence-corrected chi connectivity index (χ3v) is 4.74. The first-order valence-corrected chi connectivity index (χ1v) is 9.15. The fourth-order valence-electron chi connectivity index (χ4n) is 2.44. The molecule has 1 aromatic heterocycles. The van der Waals surface area contributed by atoms with Gasteiger partial charge in [0, 0.05) is 23.7 Å². The predicted octanol–water partition coefficient (Wildman–Crippen LogP) is 3.53. The molecule has 0 aliphatic rings. The number of para-hydroxylation sites is 1. The number of thiazole rings is 1. The maximum absolute atomic E-state index is 12.5. The standard InChI is InChI=1S/C20H19N3O3S/c1-23(12-18(24)21-15-6-4-3-5-7-15)20(25)17-13-27-19(22-17)14-8-10-16(26-2)11-9-14/h3-11,13H,12H2,1-2H3,(H,21,24). The molecule has 0 spiro atoms. The van der Waals surface area contributed by atoms with E-state index in [9.17, 15) is 9.59 Å². The Morgan fingerprint density at radius 3 is 2.48 bits per heavy atom. The number of carbonyl (C=O) groups excluding carboxylic acids is 2. The molecule has 1 N–H and O–H groups in total. The van der Waals surface area contributed by atoms with Gasteiger partial charge in [0.25, 0.3) is 5.91 Å². The number of amides is 2. The summed E-state index contributed by atoms with van der Waals surface area (Å²) >= 11 is 1.38. The average molecular weight is 381 g/mol. The molecule has 0 unspecified atom stereocenters. The van der Waals surface area contributed by atoms with Crippen LogP contribution in [0.5, 0.6) is 5.75 Å². The van der Waals surface area contributed by atoms with Crippen molar-refractivity contribution < 1.29 is 14.3 Å². The van der Waals surface area contributed by atoms with E-state index in [2.05, 4.69) is 10.3 Å². The van der Waals surface area contributed by atoms with E-state index in [4.69, 9.17) is 4.74 Å². The number of hydrogen-bond acceptors (Lipinski definition) is 5. The molecule has 0 atom stereocenters. The molecule has 0 saturated heterocycles. The highest BCUT2D eigenvalue weighted by Crippen LogP contribution is 2.26. The lowest BCUT2D eigenvalue weighted by molar-refractivity contribution is -0.116. The molecule has 2 aromatic carbocycles. The zero-order valence-electron chi connectivity index (χ0n) is 15.0. The van der Waals surface area contributed by atoms with Crippen LogP contribution in [0.1, 0.15) is 10.5 Å². The Hall–Kier alpha value is -3.19. The molecular formula is C20H19N3O3S. The minimum Gasteiger partial charge on any atom is -0.497 e. The van der Waals surface area contributed by atoms with E-state index in [0.717, 1.165) is 16.3 Å². The quantitative estimate of drug-likeness (QED) is 0.709. The van der Waals surface area contributed by atoms with Crippen LogP contribution in [-0.4, -0.2) is 42.4 Å². The van der Waals surface area contributed by atoms with Crippen LogP contribution >= 0.6 is 11.3 Å². The van der Waals surface area contributed by atoms with Gasteiger partial charge in [0.15, 0.2) is 0 Å². The second-order valence-corrected chi connectivity index (χ2v) is 6.70. The van der Waals surface area contributed by atoms with Crippen molar-refractivity contribution in [3.05, 3.63) is 65.7 Å². The lowest BCUT2D eigenvalue weighted by atomic mass is 10.2. The number of benzene rings is 2. The van der Waals surface area contributed by atoms with Gasteiger partial charge in [-0.3, -0.25) is 9.59 Å². The Bertz CT molecular complexity index is 923. The number of likely N-dealkylation sites (N-methyl/N-ethyl adjacent to an activating group) is 1. The van der Waals surface area contributed by atoms with Crippen molar-refractivity contribution in [1.29, 1.82) is 0 Å². The normalized spacial score (nSPS) is 10.3. The van der Waals surface area contributed by atoms with E-state index < -0.39 is 0 Å². The summed E-state index contributed by atoms with van der Waals surface area (Å²) < 4.78 is 5.14. The van der Waals surface area contributed by atoms with Crippen molar-refractivity contribution in [3.63, 3.8) is 0 Å². The van der Waals surface area contributed by atoms with Crippen LogP contribution < -0.4 is 10.1 Å². The SMILES string of the molecule is COc1ccc(-c2nc(C(=O)N(C)CC(=O)Nc3ccccc3)cs2)cc1. The Labute approximate surface area is 161 Å². The first-order chi connectivity index (χ1) is 13.1. The molecule has 0 fully saturated rings. The molecule has 0 radical (unpaired) electrons. The number of anilines is 1. The van der Waals surface area contributed by atoms with Crippen LogP contribution in [0.3, 0.4) is 0 Å². The first kappa shape index (κ1) is 18.6. The zero-order chi connectivity index (χ0) is 19.2. The maximum atomic E-state index is 12.5. The minimum atomic E-state index is -0.297. The van der Waals surface area contributed by atoms with Gasteiger partial charge in [-0.05, 0) is 36.4 Å². The van der Waals surface area contributed by atoms with Crippen LogP contribution in [0, 0.1) is 0 Å². The Kier molecular flexibility index (Phi) is 5.83. The minimum absolute atomic E-state index is 0.0525. The third kappa shape index (κ3) is 4.71. The monoisotopic (exact) mass is 381 g/mol. The fraction of sp³-hybridized carbons (Fsp3) is 0.150. The van der Waals surface area contributed by atoms with Gasteiger partial charge in [0.05, 0.1) is 13.7 Å². The van der Waals surface area contributed by atoms with Gasteiger partial charge in [-0.15, -0.1) is 11.3 Å². The van der Waals surface area contributed by atoms with Crippen molar-refractivity contribution in [1.82, 2.24) is 9.88 Å². The van der Waals surface area contributed by atoms with E-state index in [0.29, 0.717) is 11.4 Å². The molecule has 6 nitrogen and oxygen atoms in total. The van der Waals surface area contributed by atoms with Crippen LogP contribution in [0.15, 0.2) is 60.0 Å². The number of nitrogens with one attached hydrogen (secondary N) is 1. The Morgan fingerprint density at radius 1 is 1.11 bits per heavy atom. The number of rotatable bonds is 6. The van der Waals surface area contributed by atoms with Gasteiger partial charge < -0.3 is 15.0 Å². The van der Waals surface area contributed by atoms with Gasteiger partial charge >= 0.3 is 0 Å². The molecule has 27 heavy (non-hydrogen) atoms. The van der Waals surface area contributed by atoms with Crippen LogP contribution in [0.4, 0.5) is 5.69 Å². The van der Waals surface area contributed by atoms with Gasteiger partial charge in [-0.1, -0.05) is 18.2 Å². The summed E-state index contributed by atoms with van der Waals surface area (Å²) in [5.74, 6) is 0.202. The number of methoxy groups -OCH3 is 1. The smallest absolute Gasteiger partial charge is 0.273 e. The second-order valence-electron chi connectivity index (χ2n) is 5.84. The van der Waals surface area contributed by atoms with Gasteiger partial charge in [0.2, 0.25) is 5.91 Å². The van der Waals surface area contributed by atoms with Crippen molar-refractivity contribution in [3.8, 4) is 16.3 Å². The summed E-state index contributed by atoms with van der Waals surface area (Å²) in [7, 11) is 3.19. The molecule has 0 aliphatic heterocycles. The van der Waals surface area contributed by atoms with E-state index in [1.165, 1.54) is 16.2 Å². The van der Waals surface area contributed by atoms with E-state index >= 15 is 0 Å². The summed E-state index contributed by atoms with van der Waals surface area (Å²) in [5, 5.41) is 5.20. The highest BCUT2D eigenvalue weighted by Gasteiger charge is 2.18. The van der Waals surface area contributed by atoms with Crippen molar-refractivity contribution in [2.45, 2.75) is 0 Å². The maximum Gasteiger partial charge on any atom is 0.273 e. The van der Waals surface area contributed by atoms with Crippen molar-refractivity contribution in [2.24, 2.45) is 0 Å². The van der Waals surface area contributed by atoms with Crippen LogP contribution in [0.25, 0.3) is 10.6 Å². The molecular weight excluding hydrogens is 362 g/mol. The van der Waals surface area contributed by atoms with E-state index in [-0.39, 0.29) is 18.4 Å². The van der Waals surface area contributed by atoms with Crippen LogP contribution in [0.2, 0.25) is 0 Å². The summed E-state index contributed by atoms with van der Waals surface area (Å²) in [6, 6.07) is 16.6. The van der Waals surface area contributed by atoms with Crippen molar-refractivity contribution in [2.75, 3.05) is 26.0 Å². The molecule has 3 rings (SSSR count). The highest BCUT2D eigenvalue weighted by atomic mass is 32.1. The third-order valence-electron chi connectivity index (χ3n) is 3.85. The molecule has 0 saturated carbocycles.